The van der Waals surface area contributed by atoms with Crippen molar-refractivity contribution in [2.45, 2.75) is 71.5 Å². The summed E-state index contributed by atoms with van der Waals surface area (Å²) >= 11 is 0. The van der Waals surface area contributed by atoms with Gasteiger partial charge in [0.1, 0.15) is 0 Å². The molecule has 0 radical (unpaired) electrons. The zero-order valence-corrected chi connectivity index (χ0v) is 12.8. The third kappa shape index (κ3) is 1.75. The summed E-state index contributed by atoms with van der Waals surface area (Å²) in [5.41, 5.74) is 0.675. The summed E-state index contributed by atoms with van der Waals surface area (Å²) in [7, 11) is 0. The Balaban J connectivity index is 1.64. The van der Waals surface area contributed by atoms with Gasteiger partial charge in [0, 0.05) is 6.04 Å². The zero-order chi connectivity index (χ0) is 14.0. The molecule has 3 atom stereocenters. The van der Waals surface area contributed by atoms with E-state index in [-0.39, 0.29) is 0 Å². The van der Waals surface area contributed by atoms with Crippen LogP contribution in [0.1, 0.15) is 64.7 Å². The number of hydrogen-bond donors (Lipinski definition) is 1. The quantitative estimate of drug-likeness (QED) is 0.916. The first-order valence-corrected chi connectivity index (χ1v) is 8.01. The van der Waals surface area contributed by atoms with Gasteiger partial charge in [0.2, 0.25) is 0 Å². The van der Waals surface area contributed by atoms with Gasteiger partial charge in [-0.05, 0) is 59.3 Å². The SMILES string of the molecule is CC12CCC(C1)C(C)(C)C2n1nnnc1CNC1CC1. The molecule has 20 heavy (non-hydrogen) atoms. The van der Waals surface area contributed by atoms with Crippen molar-refractivity contribution in [3.8, 4) is 0 Å². The molecule has 0 saturated heterocycles. The molecule has 4 rings (SSSR count). The Labute approximate surface area is 120 Å². The van der Waals surface area contributed by atoms with E-state index in [1.807, 2.05) is 0 Å². The van der Waals surface area contributed by atoms with Gasteiger partial charge in [0.25, 0.3) is 0 Å². The van der Waals surface area contributed by atoms with E-state index in [1.54, 1.807) is 0 Å². The average molecular weight is 275 g/mol. The van der Waals surface area contributed by atoms with Gasteiger partial charge in [0.15, 0.2) is 5.82 Å². The highest BCUT2D eigenvalue weighted by atomic mass is 15.6. The fraction of sp³-hybridized carbons (Fsp3) is 0.933. The van der Waals surface area contributed by atoms with E-state index in [4.69, 9.17) is 0 Å². The van der Waals surface area contributed by atoms with Crippen molar-refractivity contribution in [3.63, 3.8) is 0 Å². The van der Waals surface area contributed by atoms with E-state index in [0.717, 1.165) is 18.3 Å². The van der Waals surface area contributed by atoms with Crippen LogP contribution in [0.15, 0.2) is 0 Å². The smallest absolute Gasteiger partial charge is 0.165 e. The van der Waals surface area contributed by atoms with Crippen LogP contribution in [-0.2, 0) is 6.54 Å². The lowest BCUT2D eigenvalue weighted by atomic mass is 9.68. The summed E-state index contributed by atoms with van der Waals surface area (Å²) < 4.78 is 2.15. The second-order valence-corrected chi connectivity index (χ2v) is 8.01. The van der Waals surface area contributed by atoms with E-state index < -0.39 is 0 Å². The number of nitrogens with one attached hydrogen (secondary N) is 1. The lowest BCUT2D eigenvalue weighted by Gasteiger charge is -2.42. The van der Waals surface area contributed by atoms with Gasteiger partial charge >= 0.3 is 0 Å². The Hall–Kier alpha value is -0.970. The molecule has 110 valence electrons. The van der Waals surface area contributed by atoms with Gasteiger partial charge in [0.05, 0.1) is 12.6 Å². The van der Waals surface area contributed by atoms with Crippen LogP contribution in [0.5, 0.6) is 0 Å². The van der Waals surface area contributed by atoms with E-state index >= 15 is 0 Å². The fourth-order valence-corrected chi connectivity index (χ4v) is 4.94. The highest BCUT2D eigenvalue weighted by Gasteiger charge is 2.61. The van der Waals surface area contributed by atoms with Crippen LogP contribution in [0.3, 0.4) is 0 Å². The maximum atomic E-state index is 4.37. The molecule has 0 aromatic carbocycles. The third-order valence-electron chi connectivity index (χ3n) is 6.13. The third-order valence-corrected chi connectivity index (χ3v) is 6.13. The Bertz CT molecular complexity index is 513. The summed E-state index contributed by atoms with van der Waals surface area (Å²) in [6.07, 6.45) is 6.63. The van der Waals surface area contributed by atoms with Crippen molar-refractivity contribution >= 4 is 0 Å². The fourth-order valence-electron chi connectivity index (χ4n) is 4.94. The van der Waals surface area contributed by atoms with Crippen LogP contribution in [0, 0.1) is 16.7 Å². The minimum atomic E-state index is 0.302. The van der Waals surface area contributed by atoms with Crippen LogP contribution in [0.2, 0.25) is 0 Å². The Morgan fingerprint density at radius 2 is 2.05 bits per heavy atom. The Kier molecular flexibility index (Phi) is 2.57. The summed E-state index contributed by atoms with van der Waals surface area (Å²) in [5, 5.41) is 16.2. The predicted octanol–water partition coefficient (Wildman–Crippen LogP) is 2.31. The van der Waals surface area contributed by atoms with Gasteiger partial charge in [-0.2, -0.15) is 0 Å². The maximum absolute atomic E-state index is 4.37. The molecular formula is C15H25N5. The molecule has 2 bridgehead atoms. The van der Waals surface area contributed by atoms with Gasteiger partial charge in [-0.1, -0.05) is 20.8 Å². The monoisotopic (exact) mass is 275 g/mol. The summed E-state index contributed by atoms with van der Waals surface area (Å²) in [6.45, 7) is 8.07. The molecule has 0 amide bonds. The molecular weight excluding hydrogens is 250 g/mol. The van der Waals surface area contributed by atoms with Gasteiger partial charge in [-0.15, -0.1) is 5.10 Å². The molecule has 1 N–H and O–H groups in total. The van der Waals surface area contributed by atoms with Gasteiger partial charge in [-0.25, -0.2) is 4.68 Å². The first-order chi connectivity index (χ1) is 9.51. The lowest BCUT2D eigenvalue weighted by Crippen LogP contribution is -2.39. The Morgan fingerprint density at radius 3 is 2.70 bits per heavy atom. The van der Waals surface area contributed by atoms with Gasteiger partial charge < -0.3 is 5.32 Å². The van der Waals surface area contributed by atoms with Crippen molar-refractivity contribution in [2.24, 2.45) is 16.7 Å². The molecule has 1 heterocycles. The molecule has 3 unspecified atom stereocenters. The molecule has 3 aliphatic rings. The number of fused-ring (bicyclic) bond motifs is 2. The molecule has 1 aromatic heterocycles. The molecule has 3 saturated carbocycles. The van der Waals surface area contributed by atoms with Crippen molar-refractivity contribution in [1.82, 2.24) is 25.5 Å². The number of rotatable bonds is 4. The Morgan fingerprint density at radius 1 is 1.25 bits per heavy atom. The molecule has 5 nitrogen and oxygen atoms in total. The molecule has 1 aromatic rings. The van der Waals surface area contributed by atoms with Crippen LogP contribution in [0.4, 0.5) is 0 Å². The van der Waals surface area contributed by atoms with Crippen molar-refractivity contribution < 1.29 is 0 Å². The molecule has 0 spiro atoms. The van der Waals surface area contributed by atoms with E-state index in [9.17, 15) is 0 Å². The highest BCUT2D eigenvalue weighted by Crippen LogP contribution is 2.67. The first-order valence-electron chi connectivity index (χ1n) is 8.01. The zero-order valence-electron chi connectivity index (χ0n) is 12.8. The molecule has 3 aliphatic carbocycles. The number of tetrazole rings is 1. The van der Waals surface area contributed by atoms with Crippen molar-refractivity contribution in [3.05, 3.63) is 5.82 Å². The van der Waals surface area contributed by atoms with Crippen LogP contribution >= 0.6 is 0 Å². The minimum Gasteiger partial charge on any atom is -0.307 e. The largest absolute Gasteiger partial charge is 0.307 e. The van der Waals surface area contributed by atoms with Crippen LogP contribution in [0.25, 0.3) is 0 Å². The van der Waals surface area contributed by atoms with Crippen LogP contribution in [-0.4, -0.2) is 26.2 Å². The van der Waals surface area contributed by atoms with Crippen LogP contribution < -0.4 is 5.32 Å². The molecule has 5 heteroatoms. The standard InChI is InChI=1S/C15H25N5/c1-14(2)10-6-7-15(3,8-10)13(14)20-12(17-18-19-20)9-16-11-4-5-11/h10-11,13,16H,4-9H2,1-3H3. The van der Waals surface area contributed by atoms with E-state index in [0.29, 0.717) is 22.9 Å². The lowest BCUT2D eigenvalue weighted by molar-refractivity contribution is 0.0692. The normalized spacial score (nSPS) is 38.5. The first kappa shape index (κ1) is 12.7. The number of hydrogen-bond acceptors (Lipinski definition) is 4. The molecule has 0 aliphatic heterocycles. The second kappa shape index (κ2) is 4.03. The second-order valence-electron chi connectivity index (χ2n) is 8.01. The molecule has 3 fully saturated rings. The highest BCUT2D eigenvalue weighted by molar-refractivity contribution is 5.11. The van der Waals surface area contributed by atoms with Crippen molar-refractivity contribution in [2.75, 3.05) is 0 Å². The minimum absolute atomic E-state index is 0.302. The average Bonchev–Trinajstić information content (AvgIpc) is 2.89. The van der Waals surface area contributed by atoms with Gasteiger partial charge in [-0.3, -0.25) is 0 Å². The van der Waals surface area contributed by atoms with E-state index in [2.05, 4.69) is 46.3 Å². The maximum Gasteiger partial charge on any atom is 0.165 e. The van der Waals surface area contributed by atoms with Crippen molar-refractivity contribution in [1.29, 1.82) is 0 Å². The summed E-state index contributed by atoms with van der Waals surface area (Å²) in [6, 6.07) is 1.14. The predicted molar refractivity (Wildman–Crippen MR) is 75.9 cm³/mol. The number of nitrogens with zero attached hydrogens (tertiary/aromatic N) is 4. The summed E-state index contributed by atoms with van der Waals surface area (Å²) in [4.78, 5) is 0. The number of aromatic nitrogens is 4. The topological polar surface area (TPSA) is 55.6 Å². The summed E-state index contributed by atoms with van der Waals surface area (Å²) in [5.74, 6) is 1.84. The van der Waals surface area contributed by atoms with E-state index in [1.165, 1.54) is 32.1 Å².